The normalized spacial score (nSPS) is 32.8. The van der Waals surface area contributed by atoms with Crippen LogP contribution < -0.4 is 5.32 Å². The number of non-ortho nitro benzene ring substituents is 1. The highest BCUT2D eigenvalue weighted by Gasteiger charge is 2.57. The molecule has 5 fully saturated rings. The lowest BCUT2D eigenvalue weighted by atomic mass is 9.47. The van der Waals surface area contributed by atoms with Gasteiger partial charge in [0.25, 0.3) is 11.6 Å². The van der Waals surface area contributed by atoms with Gasteiger partial charge in [-0.15, -0.1) is 0 Å². The van der Waals surface area contributed by atoms with Gasteiger partial charge in [-0.1, -0.05) is 0 Å². The molecule has 1 aromatic carbocycles. The van der Waals surface area contributed by atoms with Crippen molar-refractivity contribution in [1.29, 1.82) is 0 Å². The number of nitro groups is 1. The molecule has 1 aliphatic heterocycles. The minimum Gasteiger partial charge on any atom is -0.341 e. The number of nitrogens with one attached hydrogen (secondary N) is 1. The Hall–Kier alpha value is -2.44. The SMILES string of the molecule is O=C(NC(C(=O)N1CCCC1)C12CC3CC(CC(C3)C1)C2)c1ccc([N+](=O)[O-])cc1. The fraction of sp³-hybridized carbons (Fsp3) is 0.652. The van der Waals surface area contributed by atoms with Gasteiger partial charge in [0.05, 0.1) is 4.92 Å². The zero-order chi connectivity index (χ0) is 20.9. The summed E-state index contributed by atoms with van der Waals surface area (Å²) in [6.07, 6.45) is 8.98. The van der Waals surface area contributed by atoms with Gasteiger partial charge in [0.1, 0.15) is 6.04 Å². The molecule has 5 aliphatic rings. The highest BCUT2D eigenvalue weighted by atomic mass is 16.6. The van der Waals surface area contributed by atoms with Crippen LogP contribution in [-0.2, 0) is 4.79 Å². The Morgan fingerprint density at radius 1 is 1.00 bits per heavy atom. The van der Waals surface area contributed by atoms with Crippen LogP contribution in [0.5, 0.6) is 0 Å². The van der Waals surface area contributed by atoms with Crippen molar-refractivity contribution in [1.82, 2.24) is 10.2 Å². The van der Waals surface area contributed by atoms with Gasteiger partial charge in [-0.05, 0) is 81.3 Å². The smallest absolute Gasteiger partial charge is 0.269 e. The van der Waals surface area contributed by atoms with E-state index in [-0.39, 0.29) is 22.9 Å². The molecule has 4 bridgehead atoms. The van der Waals surface area contributed by atoms with E-state index in [1.54, 1.807) is 0 Å². The second-order valence-electron chi connectivity index (χ2n) is 10.0. The standard InChI is InChI=1S/C23H29N3O4/c27-21(18-3-5-19(6-4-18)26(29)30)24-20(22(28)25-7-1-2-8-25)23-12-15-9-16(13-23)11-17(10-15)14-23/h3-6,15-17,20H,1-2,7-14H2,(H,24,27). The van der Waals surface area contributed by atoms with Gasteiger partial charge in [-0.3, -0.25) is 19.7 Å². The summed E-state index contributed by atoms with van der Waals surface area (Å²) in [7, 11) is 0. The fourth-order valence-electron chi connectivity index (χ4n) is 7.08. The van der Waals surface area contributed by atoms with Crippen molar-refractivity contribution >= 4 is 17.5 Å². The summed E-state index contributed by atoms with van der Waals surface area (Å²) in [6.45, 7) is 1.55. The van der Waals surface area contributed by atoms with Crippen LogP contribution >= 0.6 is 0 Å². The summed E-state index contributed by atoms with van der Waals surface area (Å²) in [5, 5.41) is 14.0. The van der Waals surface area contributed by atoms with Crippen molar-refractivity contribution < 1.29 is 14.5 Å². The predicted molar refractivity (Wildman–Crippen MR) is 111 cm³/mol. The third kappa shape index (κ3) is 3.38. The summed E-state index contributed by atoms with van der Waals surface area (Å²) in [4.78, 5) is 39.1. The van der Waals surface area contributed by atoms with Gasteiger partial charge >= 0.3 is 0 Å². The second kappa shape index (κ2) is 7.36. The predicted octanol–water partition coefficient (Wildman–Crippen LogP) is 3.53. The molecule has 1 atom stereocenters. The summed E-state index contributed by atoms with van der Waals surface area (Å²) in [6, 6.07) is 5.15. The van der Waals surface area contributed by atoms with Crippen LogP contribution in [0.3, 0.4) is 0 Å². The third-order valence-electron chi connectivity index (χ3n) is 7.98. The van der Waals surface area contributed by atoms with E-state index >= 15 is 0 Å². The summed E-state index contributed by atoms with van der Waals surface area (Å²) >= 11 is 0. The first-order valence-corrected chi connectivity index (χ1v) is 11.3. The first kappa shape index (κ1) is 19.5. The van der Waals surface area contributed by atoms with Crippen LogP contribution in [0.1, 0.15) is 61.7 Å². The second-order valence-corrected chi connectivity index (χ2v) is 10.0. The Labute approximate surface area is 176 Å². The zero-order valence-corrected chi connectivity index (χ0v) is 17.2. The molecule has 7 heteroatoms. The monoisotopic (exact) mass is 411 g/mol. The molecule has 30 heavy (non-hydrogen) atoms. The van der Waals surface area contributed by atoms with Crippen molar-refractivity contribution in [3.63, 3.8) is 0 Å². The molecule has 1 heterocycles. The maximum absolute atomic E-state index is 13.6. The molecule has 4 saturated carbocycles. The van der Waals surface area contributed by atoms with Crippen molar-refractivity contribution in [3.05, 3.63) is 39.9 Å². The average Bonchev–Trinajstić information content (AvgIpc) is 3.25. The van der Waals surface area contributed by atoms with Gasteiger partial charge in [0.2, 0.25) is 5.91 Å². The third-order valence-corrected chi connectivity index (χ3v) is 7.98. The molecule has 4 aliphatic carbocycles. The molecule has 1 N–H and O–H groups in total. The number of hydrogen-bond acceptors (Lipinski definition) is 4. The van der Waals surface area contributed by atoms with Gasteiger partial charge in [0, 0.05) is 36.2 Å². The van der Waals surface area contributed by atoms with E-state index in [9.17, 15) is 19.7 Å². The molecular formula is C23H29N3O4. The Morgan fingerprint density at radius 2 is 1.53 bits per heavy atom. The number of nitrogens with zero attached hydrogens (tertiary/aromatic N) is 2. The molecule has 0 spiro atoms. The van der Waals surface area contributed by atoms with E-state index in [1.165, 1.54) is 43.5 Å². The molecule has 0 radical (unpaired) electrons. The quantitative estimate of drug-likeness (QED) is 0.593. The average molecular weight is 412 g/mol. The number of carbonyl (C=O) groups is 2. The number of carbonyl (C=O) groups excluding carboxylic acids is 2. The first-order valence-electron chi connectivity index (χ1n) is 11.3. The van der Waals surface area contributed by atoms with Gasteiger partial charge in [0.15, 0.2) is 0 Å². The number of benzene rings is 1. The molecule has 1 saturated heterocycles. The Kier molecular flexibility index (Phi) is 4.79. The van der Waals surface area contributed by atoms with Crippen LogP contribution in [-0.4, -0.2) is 40.8 Å². The molecule has 2 amide bonds. The Balaban J connectivity index is 1.42. The van der Waals surface area contributed by atoms with Crippen molar-refractivity contribution in [2.24, 2.45) is 23.2 Å². The van der Waals surface area contributed by atoms with Crippen molar-refractivity contribution in [2.45, 2.75) is 57.4 Å². The van der Waals surface area contributed by atoms with E-state index in [2.05, 4.69) is 5.32 Å². The van der Waals surface area contributed by atoms with E-state index < -0.39 is 11.0 Å². The maximum Gasteiger partial charge on any atom is 0.269 e. The molecule has 1 unspecified atom stereocenters. The van der Waals surface area contributed by atoms with Crippen LogP contribution in [0, 0.1) is 33.3 Å². The van der Waals surface area contributed by atoms with Crippen molar-refractivity contribution in [2.75, 3.05) is 13.1 Å². The topological polar surface area (TPSA) is 92.6 Å². The lowest BCUT2D eigenvalue weighted by Gasteiger charge is -2.59. The summed E-state index contributed by atoms with van der Waals surface area (Å²) < 4.78 is 0. The van der Waals surface area contributed by atoms with Crippen LogP contribution in [0.25, 0.3) is 0 Å². The van der Waals surface area contributed by atoms with E-state index in [0.717, 1.165) is 45.2 Å². The lowest BCUT2D eigenvalue weighted by molar-refractivity contribution is -0.384. The van der Waals surface area contributed by atoms with Crippen LogP contribution in [0.4, 0.5) is 5.69 Å². The van der Waals surface area contributed by atoms with Gasteiger partial charge < -0.3 is 10.2 Å². The van der Waals surface area contributed by atoms with Crippen molar-refractivity contribution in [3.8, 4) is 0 Å². The number of rotatable bonds is 5. The van der Waals surface area contributed by atoms with E-state index in [1.807, 2.05) is 4.90 Å². The fourth-order valence-corrected chi connectivity index (χ4v) is 7.08. The number of hydrogen-bond donors (Lipinski definition) is 1. The van der Waals surface area contributed by atoms with Gasteiger partial charge in [-0.25, -0.2) is 0 Å². The molecular weight excluding hydrogens is 382 g/mol. The molecule has 0 aromatic heterocycles. The van der Waals surface area contributed by atoms with Crippen LogP contribution in [0.2, 0.25) is 0 Å². The molecule has 7 nitrogen and oxygen atoms in total. The Morgan fingerprint density at radius 3 is 2.03 bits per heavy atom. The largest absolute Gasteiger partial charge is 0.341 e. The van der Waals surface area contributed by atoms with E-state index in [4.69, 9.17) is 0 Å². The highest BCUT2D eigenvalue weighted by molar-refractivity contribution is 5.98. The first-order chi connectivity index (χ1) is 14.4. The lowest BCUT2D eigenvalue weighted by Crippen LogP contribution is -2.62. The molecule has 160 valence electrons. The zero-order valence-electron chi connectivity index (χ0n) is 17.2. The number of likely N-dealkylation sites (tertiary alicyclic amines) is 1. The van der Waals surface area contributed by atoms with E-state index in [0.29, 0.717) is 23.3 Å². The van der Waals surface area contributed by atoms with Crippen LogP contribution in [0.15, 0.2) is 24.3 Å². The summed E-state index contributed by atoms with van der Waals surface area (Å²) in [5.41, 5.74) is 0.187. The highest BCUT2D eigenvalue weighted by Crippen LogP contribution is 2.61. The molecule has 1 aromatic rings. The minimum atomic E-state index is -0.494. The molecule has 6 rings (SSSR count). The maximum atomic E-state index is 13.6. The number of amides is 2. The summed E-state index contributed by atoms with van der Waals surface area (Å²) in [5.74, 6) is 1.81. The number of nitro benzene ring substituents is 1. The minimum absolute atomic E-state index is 0.0441. The van der Waals surface area contributed by atoms with Gasteiger partial charge in [-0.2, -0.15) is 0 Å². The Bertz CT molecular complexity index is 824.